The van der Waals surface area contributed by atoms with Crippen molar-refractivity contribution in [2.24, 2.45) is 5.41 Å². The lowest BCUT2D eigenvalue weighted by atomic mass is 9.73. The maximum Gasteiger partial charge on any atom is 0.244 e. The number of nitrogens with one attached hydrogen (secondary N) is 1. The fourth-order valence-corrected chi connectivity index (χ4v) is 4.63. The van der Waals surface area contributed by atoms with Gasteiger partial charge in [0.25, 0.3) is 0 Å². The topological polar surface area (TPSA) is 67.2 Å². The van der Waals surface area contributed by atoms with Gasteiger partial charge in [0.05, 0.1) is 18.3 Å². The molecule has 0 radical (unpaired) electrons. The lowest BCUT2D eigenvalue weighted by Crippen LogP contribution is -2.35. The standard InChI is InChI=1S/C22H27FN4O2/c23-19-7-3-2-6-17(19)12-20(28)25-18-13-24-27(14-18)15-21(29)26-11-10-22(16-26)8-4-1-5-9-22/h2-3,6-7,13-14H,1,4-5,8-12,15-16H2,(H,25,28). The van der Waals surface area contributed by atoms with Crippen LogP contribution in [0.4, 0.5) is 10.1 Å². The van der Waals surface area contributed by atoms with Crippen molar-refractivity contribution in [1.82, 2.24) is 14.7 Å². The molecule has 1 aliphatic carbocycles. The number of hydrogen-bond acceptors (Lipinski definition) is 3. The zero-order chi connectivity index (χ0) is 20.3. The minimum absolute atomic E-state index is 0.0490. The zero-order valence-corrected chi connectivity index (χ0v) is 16.6. The molecule has 2 heterocycles. The quantitative estimate of drug-likeness (QED) is 0.840. The fourth-order valence-electron chi connectivity index (χ4n) is 4.63. The molecule has 1 saturated heterocycles. The Hall–Kier alpha value is -2.70. The number of hydrogen-bond donors (Lipinski definition) is 1. The van der Waals surface area contributed by atoms with Gasteiger partial charge in [-0.05, 0) is 36.3 Å². The molecule has 1 aliphatic heterocycles. The smallest absolute Gasteiger partial charge is 0.244 e. The van der Waals surface area contributed by atoms with E-state index >= 15 is 0 Å². The van der Waals surface area contributed by atoms with E-state index in [0.29, 0.717) is 16.7 Å². The molecule has 2 aliphatic rings. The van der Waals surface area contributed by atoms with E-state index in [9.17, 15) is 14.0 Å². The van der Waals surface area contributed by atoms with Gasteiger partial charge in [-0.2, -0.15) is 5.10 Å². The Morgan fingerprint density at radius 1 is 1.14 bits per heavy atom. The molecule has 6 nitrogen and oxygen atoms in total. The zero-order valence-electron chi connectivity index (χ0n) is 16.6. The van der Waals surface area contributed by atoms with E-state index in [1.807, 2.05) is 4.90 Å². The first-order valence-corrected chi connectivity index (χ1v) is 10.4. The average molecular weight is 398 g/mol. The van der Waals surface area contributed by atoms with Crippen molar-refractivity contribution >= 4 is 17.5 Å². The van der Waals surface area contributed by atoms with E-state index in [4.69, 9.17) is 0 Å². The Morgan fingerprint density at radius 2 is 1.93 bits per heavy atom. The second-order valence-corrected chi connectivity index (χ2v) is 8.37. The molecule has 2 amide bonds. The molecule has 0 atom stereocenters. The largest absolute Gasteiger partial charge is 0.341 e. The minimum atomic E-state index is -0.398. The number of carbonyl (C=O) groups is 2. The van der Waals surface area contributed by atoms with Crippen molar-refractivity contribution in [3.63, 3.8) is 0 Å². The number of amides is 2. The highest BCUT2D eigenvalue weighted by atomic mass is 19.1. The number of benzene rings is 1. The van der Waals surface area contributed by atoms with Crippen LogP contribution in [0.1, 0.15) is 44.1 Å². The van der Waals surface area contributed by atoms with Gasteiger partial charge in [-0.25, -0.2) is 4.39 Å². The van der Waals surface area contributed by atoms with E-state index in [1.165, 1.54) is 44.4 Å². The van der Waals surface area contributed by atoms with Crippen molar-refractivity contribution in [2.75, 3.05) is 18.4 Å². The predicted octanol–water partition coefficient (Wildman–Crippen LogP) is 3.39. The van der Waals surface area contributed by atoms with Gasteiger partial charge in [-0.15, -0.1) is 0 Å². The van der Waals surface area contributed by atoms with Crippen molar-refractivity contribution < 1.29 is 14.0 Å². The Morgan fingerprint density at radius 3 is 2.72 bits per heavy atom. The van der Waals surface area contributed by atoms with Gasteiger partial charge in [-0.1, -0.05) is 37.5 Å². The maximum absolute atomic E-state index is 13.7. The molecule has 1 aromatic heterocycles. The van der Waals surface area contributed by atoms with Crippen LogP contribution in [-0.2, 0) is 22.6 Å². The van der Waals surface area contributed by atoms with Crippen LogP contribution in [0.3, 0.4) is 0 Å². The van der Waals surface area contributed by atoms with Crippen LogP contribution < -0.4 is 5.32 Å². The Balaban J connectivity index is 1.29. The molecule has 0 bridgehead atoms. The number of anilines is 1. The Bertz CT molecular complexity index is 888. The molecule has 7 heteroatoms. The summed E-state index contributed by atoms with van der Waals surface area (Å²) in [6.07, 6.45) is 10.5. The molecule has 29 heavy (non-hydrogen) atoms. The van der Waals surface area contributed by atoms with E-state index in [-0.39, 0.29) is 24.8 Å². The summed E-state index contributed by atoms with van der Waals surface area (Å²) in [6, 6.07) is 6.22. The summed E-state index contributed by atoms with van der Waals surface area (Å²) in [7, 11) is 0. The molecule has 154 valence electrons. The lowest BCUT2D eigenvalue weighted by Gasteiger charge is -2.33. The van der Waals surface area contributed by atoms with Gasteiger partial charge in [0.15, 0.2) is 0 Å². The third-order valence-electron chi connectivity index (χ3n) is 6.23. The molecule has 2 aromatic rings. The first-order chi connectivity index (χ1) is 14.0. The van der Waals surface area contributed by atoms with Crippen LogP contribution in [0.5, 0.6) is 0 Å². The van der Waals surface area contributed by atoms with Gasteiger partial charge in [-0.3, -0.25) is 14.3 Å². The van der Waals surface area contributed by atoms with Crippen LogP contribution in [0.2, 0.25) is 0 Å². The Labute approximate surface area is 170 Å². The van der Waals surface area contributed by atoms with Gasteiger partial charge in [0, 0.05) is 19.3 Å². The molecule has 4 rings (SSSR count). The van der Waals surface area contributed by atoms with Crippen molar-refractivity contribution in [3.8, 4) is 0 Å². The van der Waals surface area contributed by atoms with Crippen LogP contribution in [0, 0.1) is 11.2 Å². The van der Waals surface area contributed by atoms with E-state index in [1.54, 1.807) is 29.1 Å². The first kappa shape index (κ1) is 19.6. The van der Waals surface area contributed by atoms with Gasteiger partial charge in [0.2, 0.25) is 11.8 Å². The number of carbonyl (C=O) groups excluding carboxylic acids is 2. The van der Waals surface area contributed by atoms with Gasteiger partial charge in [0.1, 0.15) is 12.4 Å². The molecule has 1 spiro atoms. The highest BCUT2D eigenvalue weighted by Crippen LogP contribution is 2.43. The molecule has 1 N–H and O–H groups in total. The lowest BCUT2D eigenvalue weighted by molar-refractivity contribution is -0.131. The Kier molecular flexibility index (Phi) is 5.65. The molecule has 1 aromatic carbocycles. The maximum atomic E-state index is 13.7. The van der Waals surface area contributed by atoms with Gasteiger partial charge < -0.3 is 10.2 Å². The SMILES string of the molecule is O=C(Cc1ccccc1F)Nc1cnn(CC(=O)N2CCC3(CCCCC3)C2)c1. The van der Waals surface area contributed by atoms with Crippen LogP contribution in [0.25, 0.3) is 0 Å². The highest BCUT2D eigenvalue weighted by Gasteiger charge is 2.40. The molecule has 0 unspecified atom stereocenters. The molecule has 1 saturated carbocycles. The van der Waals surface area contributed by atoms with Crippen LogP contribution >= 0.6 is 0 Å². The summed E-state index contributed by atoms with van der Waals surface area (Å²) >= 11 is 0. The number of halogens is 1. The summed E-state index contributed by atoms with van der Waals surface area (Å²) < 4.78 is 15.2. The third-order valence-corrected chi connectivity index (χ3v) is 6.23. The number of rotatable bonds is 5. The summed E-state index contributed by atoms with van der Waals surface area (Å²) in [4.78, 5) is 26.8. The van der Waals surface area contributed by atoms with Crippen molar-refractivity contribution in [3.05, 3.63) is 48.0 Å². The van der Waals surface area contributed by atoms with Crippen molar-refractivity contribution in [1.29, 1.82) is 0 Å². The van der Waals surface area contributed by atoms with E-state index in [2.05, 4.69) is 10.4 Å². The number of aromatic nitrogens is 2. The molecular formula is C22H27FN4O2. The summed E-state index contributed by atoms with van der Waals surface area (Å²) in [5.74, 6) is -0.648. The summed E-state index contributed by atoms with van der Waals surface area (Å²) in [6.45, 7) is 1.85. The highest BCUT2D eigenvalue weighted by molar-refractivity contribution is 5.92. The predicted molar refractivity (Wildman–Crippen MR) is 108 cm³/mol. The monoisotopic (exact) mass is 398 g/mol. The molecular weight excluding hydrogens is 371 g/mol. The fraction of sp³-hybridized carbons (Fsp3) is 0.500. The second-order valence-electron chi connectivity index (χ2n) is 8.37. The number of likely N-dealkylation sites (tertiary alicyclic amines) is 1. The summed E-state index contributed by atoms with van der Waals surface area (Å²) in [5, 5.41) is 6.90. The van der Waals surface area contributed by atoms with E-state index in [0.717, 1.165) is 19.5 Å². The second kappa shape index (κ2) is 8.35. The molecule has 2 fully saturated rings. The summed E-state index contributed by atoms with van der Waals surface area (Å²) in [5.41, 5.74) is 1.19. The normalized spacial score (nSPS) is 18.2. The first-order valence-electron chi connectivity index (χ1n) is 10.4. The van der Waals surface area contributed by atoms with Crippen LogP contribution in [0.15, 0.2) is 36.7 Å². The number of nitrogens with zero attached hydrogens (tertiary/aromatic N) is 3. The third kappa shape index (κ3) is 4.66. The van der Waals surface area contributed by atoms with Crippen LogP contribution in [-0.4, -0.2) is 39.6 Å². The van der Waals surface area contributed by atoms with E-state index < -0.39 is 5.82 Å². The average Bonchev–Trinajstić information content (AvgIpc) is 3.31. The van der Waals surface area contributed by atoms with Crippen molar-refractivity contribution in [2.45, 2.75) is 51.5 Å². The minimum Gasteiger partial charge on any atom is -0.341 e. The van der Waals surface area contributed by atoms with Gasteiger partial charge >= 0.3 is 0 Å².